The number of Topliss-reactive ketones (excluding diaryl/α,β-unsaturated/α-hetero) is 1. The van der Waals surface area contributed by atoms with Crippen molar-refractivity contribution in [3.63, 3.8) is 0 Å². The second kappa shape index (κ2) is 5.85. The van der Waals surface area contributed by atoms with Gasteiger partial charge in [0.1, 0.15) is 18.1 Å². The molecule has 0 bridgehead atoms. The van der Waals surface area contributed by atoms with Crippen LogP contribution in [0.25, 0.3) is 0 Å². The van der Waals surface area contributed by atoms with Crippen molar-refractivity contribution in [2.75, 3.05) is 5.32 Å². The van der Waals surface area contributed by atoms with Gasteiger partial charge in [0.2, 0.25) is 5.95 Å². The summed E-state index contributed by atoms with van der Waals surface area (Å²) in [7, 11) is 0. The van der Waals surface area contributed by atoms with Crippen LogP contribution in [0, 0.1) is 0 Å². The molecule has 0 saturated heterocycles. The first kappa shape index (κ1) is 15.4. The molecule has 1 aromatic carbocycles. The summed E-state index contributed by atoms with van der Waals surface area (Å²) in [5, 5.41) is 8.25. The number of furan rings is 1. The highest BCUT2D eigenvalue weighted by molar-refractivity contribution is 6.30. The lowest BCUT2D eigenvalue weighted by atomic mass is 9.79. The number of carbonyl (C=O) groups excluding carboxylic acids is 1. The molecular weight excluding hydrogens is 352 g/mol. The molecule has 3 heterocycles. The van der Waals surface area contributed by atoms with Gasteiger partial charge in [0.25, 0.3) is 0 Å². The lowest BCUT2D eigenvalue weighted by Gasteiger charge is -2.34. The van der Waals surface area contributed by atoms with Gasteiger partial charge in [-0.15, -0.1) is 0 Å². The van der Waals surface area contributed by atoms with Crippen LogP contribution in [0.4, 0.5) is 5.95 Å². The molecule has 0 fully saturated rings. The topological polar surface area (TPSA) is 73.0 Å². The van der Waals surface area contributed by atoms with Crippen molar-refractivity contribution in [3.8, 4) is 0 Å². The summed E-state index contributed by atoms with van der Waals surface area (Å²) < 4.78 is 7.28. The molecule has 1 aliphatic heterocycles. The molecule has 3 aromatic rings. The van der Waals surface area contributed by atoms with Gasteiger partial charge in [-0.25, -0.2) is 4.68 Å². The highest BCUT2D eigenvalue weighted by Gasteiger charge is 2.39. The van der Waals surface area contributed by atoms with Crippen molar-refractivity contribution >= 4 is 23.3 Å². The summed E-state index contributed by atoms with van der Waals surface area (Å²) >= 11 is 6.19. The zero-order chi connectivity index (χ0) is 17.7. The molecule has 0 amide bonds. The number of hydrogen-bond acceptors (Lipinski definition) is 5. The summed E-state index contributed by atoms with van der Waals surface area (Å²) in [4.78, 5) is 17.4. The first-order chi connectivity index (χ1) is 12.7. The maximum atomic E-state index is 13.1. The van der Waals surface area contributed by atoms with E-state index in [4.69, 9.17) is 16.0 Å². The minimum Gasteiger partial charge on any atom is -0.469 e. The minimum absolute atomic E-state index is 0.0261. The number of ketones is 1. The fourth-order valence-corrected chi connectivity index (χ4v) is 4.06. The number of nitrogens with one attached hydrogen (secondary N) is 1. The van der Waals surface area contributed by atoms with Gasteiger partial charge in [0.15, 0.2) is 5.78 Å². The molecule has 6 nitrogen and oxygen atoms in total. The van der Waals surface area contributed by atoms with Gasteiger partial charge in [-0.1, -0.05) is 23.7 Å². The molecule has 1 N–H and O–H groups in total. The smallest absolute Gasteiger partial charge is 0.226 e. The Kier molecular flexibility index (Phi) is 3.46. The molecular formula is C19H15ClN4O2. The molecule has 2 atom stereocenters. The Labute approximate surface area is 154 Å². The van der Waals surface area contributed by atoms with Crippen LogP contribution < -0.4 is 5.32 Å². The zero-order valence-corrected chi connectivity index (χ0v) is 14.5. The first-order valence-electron chi connectivity index (χ1n) is 8.42. The van der Waals surface area contributed by atoms with Crippen molar-refractivity contribution in [2.45, 2.75) is 24.8 Å². The highest BCUT2D eigenvalue weighted by Crippen LogP contribution is 2.44. The normalized spacial score (nSPS) is 22.0. The third kappa shape index (κ3) is 2.37. The van der Waals surface area contributed by atoms with Crippen LogP contribution in [0.5, 0.6) is 0 Å². The largest absolute Gasteiger partial charge is 0.469 e. The molecule has 2 aromatic heterocycles. The van der Waals surface area contributed by atoms with Gasteiger partial charge < -0.3 is 9.73 Å². The van der Waals surface area contributed by atoms with Gasteiger partial charge in [0, 0.05) is 28.6 Å². The minimum atomic E-state index is -0.326. The van der Waals surface area contributed by atoms with Crippen LogP contribution in [0.3, 0.4) is 0 Å². The molecule has 1 aliphatic carbocycles. The van der Waals surface area contributed by atoms with E-state index in [1.54, 1.807) is 10.9 Å². The average Bonchev–Trinajstić information content (AvgIpc) is 3.31. The molecule has 2 unspecified atom stereocenters. The quantitative estimate of drug-likeness (QED) is 0.743. The van der Waals surface area contributed by atoms with E-state index < -0.39 is 0 Å². The van der Waals surface area contributed by atoms with Crippen LogP contribution in [0.15, 0.2) is 64.7 Å². The molecule has 2 aliphatic rings. The molecule has 26 heavy (non-hydrogen) atoms. The Balaban J connectivity index is 1.63. The van der Waals surface area contributed by atoms with Crippen molar-refractivity contribution in [1.29, 1.82) is 0 Å². The number of anilines is 1. The Bertz CT molecular complexity index is 1020. The molecule has 0 radical (unpaired) electrons. The van der Waals surface area contributed by atoms with Crippen LogP contribution >= 0.6 is 11.6 Å². The highest BCUT2D eigenvalue weighted by atomic mass is 35.5. The Morgan fingerprint density at radius 3 is 2.96 bits per heavy atom. The SMILES string of the molecule is O=C1CC(c2ccco2)CC2=C1C(c1cccc(Cl)c1)n1ncnc1N2. The zero-order valence-electron chi connectivity index (χ0n) is 13.7. The van der Waals surface area contributed by atoms with E-state index in [-0.39, 0.29) is 17.7 Å². The van der Waals surface area contributed by atoms with Crippen LogP contribution in [-0.4, -0.2) is 20.5 Å². The Morgan fingerprint density at radius 2 is 2.15 bits per heavy atom. The first-order valence-corrected chi connectivity index (χ1v) is 8.80. The number of nitrogens with zero attached hydrogens (tertiary/aromatic N) is 3. The Hall–Kier alpha value is -2.86. The van der Waals surface area contributed by atoms with Crippen LogP contribution in [0.1, 0.15) is 36.1 Å². The average molecular weight is 367 g/mol. The fraction of sp³-hybridized carbons (Fsp3) is 0.211. The van der Waals surface area contributed by atoms with Crippen molar-refractivity contribution in [3.05, 3.63) is 76.6 Å². The van der Waals surface area contributed by atoms with E-state index in [1.165, 1.54) is 6.33 Å². The second-order valence-corrected chi connectivity index (χ2v) is 6.98. The number of rotatable bonds is 2. The molecule has 7 heteroatoms. The van der Waals surface area contributed by atoms with Gasteiger partial charge in [-0.05, 0) is 36.2 Å². The summed E-state index contributed by atoms with van der Waals surface area (Å²) in [5.74, 6) is 1.57. The van der Waals surface area contributed by atoms with Gasteiger partial charge in [0.05, 0.1) is 6.26 Å². The van der Waals surface area contributed by atoms with Crippen molar-refractivity contribution in [2.24, 2.45) is 0 Å². The van der Waals surface area contributed by atoms with Gasteiger partial charge in [-0.2, -0.15) is 10.1 Å². The van der Waals surface area contributed by atoms with E-state index in [0.29, 0.717) is 23.8 Å². The second-order valence-electron chi connectivity index (χ2n) is 6.55. The summed E-state index contributed by atoms with van der Waals surface area (Å²) in [5.41, 5.74) is 2.53. The standard InChI is InChI=1S/C19H15ClN4O2/c20-13-4-1-3-11(7-13)18-17-14(23-19-21-10-22-24(18)19)8-12(9-15(17)25)16-5-2-6-26-16/h1-7,10,12,18H,8-9H2,(H,21,22,23). The van der Waals surface area contributed by atoms with E-state index in [0.717, 1.165) is 22.6 Å². The Morgan fingerprint density at radius 1 is 1.23 bits per heavy atom. The van der Waals surface area contributed by atoms with E-state index >= 15 is 0 Å². The predicted molar refractivity (Wildman–Crippen MR) is 96.0 cm³/mol. The van der Waals surface area contributed by atoms with Crippen molar-refractivity contribution in [1.82, 2.24) is 14.8 Å². The van der Waals surface area contributed by atoms with Crippen molar-refractivity contribution < 1.29 is 9.21 Å². The summed E-state index contributed by atoms with van der Waals surface area (Å²) in [6.07, 6.45) is 4.24. The summed E-state index contributed by atoms with van der Waals surface area (Å²) in [6, 6.07) is 11.0. The summed E-state index contributed by atoms with van der Waals surface area (Å²) in [6.45, 7) is 0. The number of benzene rings is 1. The van der Waals surface area contributed by atoms with Gasteiger partial charge >= 0.3 is 0 Å². The predicted octanol–water partition coefficient (Wildman–Crippen LogP) is 3.94. The van der Waals surface area contributed by atoms with E-state index in [1.807, 2.05) is 36.4 Å². The lowest BCUT2D eigenvalue weighted by Crippen LogP contribution is -2.33. The fourth-order valence-electron chi connectivity index (χ4n) is 3.86. The number of aromatic nitrogens is 3. The maximum Gasteiger partial charge on any atom is 0.226 e. The number of carbonyl (C=O) groups is 1. The third-order valence-corrected chi connectivity index (χ3v) is 5.21. The molecule has 5 rings (SSSR count). The third-order valence-electron chi connectivity index (χ3n) is 4.97. The number of hydrogen-bond donors (Lipinski definition) is 1. The molecule has 0 spiro atoms. The van der Waals surface area contributed by atoms with E-state index in [9.17, 15) is 4.79 Å². The molecule has 0 saturated carbocycles. The maximum absolute atomic E-state index is 13.1. The van der Waals surface area contributed by atoms with Crippen LogP contribution in [0.2, 0.25) is 5.02 Å². The number of allylic oxidation sites excluding steroid dienone is 2. The van der Waals surface area contributed by atoms with Crippen LogP contribution in [-0.2, 0) is 4.79 Å². The van der Waals surface area contributed by atoms with E-state index in [2.05, 4.69) is 15.4 Å². The number of halogens is 1. The number of fused-ring (bicyclic) bond motifs is 1. The lowest BCUT2D eigenvalue weighted by molar-refractivity contribution is -0.117. The monoisotopic (exact) mass is 366 g/mol. The van der Waals surface area contributed by atoms with Gasteiger partial charge in [-0.3, -0.25) is 4.79 Å². The molecule has 130 valence electrons.